The minimum atomic E-state index is -4.08. The van der Waals surface area contributed by atoms with E-state index in [1.54, 1.807) is 13.2 Å². The molecule has 48 heavy (non-hydrogen) atoms. The topological polar surface area (TPSA) is 233 Å². The zero-order valence-electron chi connectivity index (χ0n) is 25.6. The highest BCUT2D eigenvalue weighted by molar-refractivity contribution is 7.99. The Hall–Kier alpha value is -3.53. The highest BCUT2D eigenvalue weighted by atomic mass is 32.2. The van der Waals surface area contributed by atoms with Crippen LogP contribution >= 0.6 is 23.5 Å². The van der Waals surface area contributed by atoms with Crippen molar-refractivity contribution in [2.24, 2.45) is 10.2 Å². The number of aromatic nitrogens is 3. The molecule has 0 spiro atoms. The molecule has 20 heteroatoms. The minimum absolute atomic E-state index is 0.198. The summed E-state index contributed by atoms with van der Waals surface area (Å²) < 4.78 is 93.2. The van der Waals surface area contributed by atoms with E-state index >= 15 is 0 Å². The van der Waals surface area contributed by atoms with Gasteiger partial charge in [0.15, 0.2) is 10.3 Å². The Bertz CT molecular complexity index is 2030. The van der Waals surface area contributed by atoms with Crippen molar-refractivity contribution in [1.82, 2.24) is 15.0 Å². The van der Waals surface area contributed by atoms with Crippen molar-refractivity contribution in [1.29, 1.82) is 0 Å². The predicted molar refractivity (Wildman–Crippen MR) is 182 cm³/mol. The third-order valence-corrected chi connectivity index (χ3v) is 9.63. The zero-order chi connectivity index (χ0) is 35.3. The van der Waals surface area contributed by atoms with E-state index in [-0.39, 0.29) is 30.8 Å². The maximum Gasteiger partial charge on any atom is 0.425 e. The fourth-order valence-electron chi connectivity index (χ4n) is 4.09. The van der Waals surface area contributed by atoms with Gasteiger partial charge in [0.1, 0.15) is 11.6 Å². The first-order valence-electron chi connectivity index (χ1n) is 13.9. The molecular weight excluding hydrogens is 727 g/mol. The molecule has 0 aliphatic heterocycles. The lowest BCUT2D eigenvalue weighted by Crippen LogP contribution is -2.07. The molecule has 0 atom stereocenters. The van der Waals surface area contributed by atoms with E-state index in [0.29, 0.717) is 39.1 Å². The van der Waals surface area contributed by atoms with Gasteiger partial charge in [-0.3, -0.25) is 9.11 Å². The number of fused-ring (bicyclic) bond motifs is 1. The Morgan fingerprint density at radius 2 is 1.35 bits per heavy atom. The van der Waals surface area contributed by atoms with E-state index < -0.39 is 30.8 Å². The third kappa shape index (κ3) is 14.3. The predicted octanol–water partition coefficient (Wildman–Crippen LogP) is 5.08. The van der Waals surface area contributed by atoms with E-state index in [4.69, 9.17) is 26.5 Å². The van der Waals surface area contributed by atoms with Crippen molar-refractivity contribution in [3.63, 3.8) is 0 Å². The van der Waals surface area contributed by atoms with Gasteiger partial charge in [0, 0.05) is 29.6 Å². The smallest absolute Gasteiger partial charge is 0.425 e. The van der Waals surface area contributed by atoms with Crippen molar-refractivity contribution >= 4 is 76.5 Å². The van der Waals surface area contributed by atoms with Crippen molar-refractivity contribution in [2.45, 2.75) is 36.5 Å². The van der Waals surface area contributed by atoms with Crippen LogP contribution in [0.25, 0.3) is 10.8 Å². The van der Waals surface area contributed by atoms with Crippen molar-refractivity contribution in [3.8, 4) is 5.75 Å². The molecule has 3 aromatic carbocycles. The molecule has 4 aromatic rings. The van der Waals surface area contributed by atoms with Crippen LogP contribution in [0.1, 0.15) is 29.8 Å². The molecule has 0 aliphatic rings. The molecule has 15 nitrogen and oxygen atoms in total. The number of aryl methyl sites for hydroxylation is 1. The molecule has 0 amide bonds. The average Bonchev–Trinajstić information content (AvgIpc) is 3.00. The lowest BCUT2D eigenvalue weighted by Gasteiger charge is -2.12. The lowest BCUT2D eigenvalue weighted by molar-refractivity contribution is 0.410. The number of ether oxygens (including phenoxy) is 1. The first kappa shape index (κ1) is 38.9. The molecular formula is C28H31N5O10S5. The van der Waals surface area contributed by atoms with Crippen LogP contribution in [-0.2, 0) is 37.3 Å². The number of methoxy groups -OCH3 is 1. The molecule has 0 unspecified atom stereocenters. The molecule has 0 aliphatic carbocycles. The molecule has 0 saturated heterocycles. The Morgan fingerprint density at radius 1 is 0.792 bits per heavy atom. The lowest BCUT2D eigenvalue weighted by atomic mass is 10.1. The number of benzene rings is 3. The number of hydrogen-bond donors (Lipinski definition) is 2. The van der Waals surface area contributed by atoms with Crippen LogP contribution in [0, 0.1) is 6.92 Å². The zero-order valence-corrected chi connectivity index (χ0v) is 29.7. The van der Waals surface area contributed by atoms with Gasteiger partial charge in [-0.2, -0.15) is 32.0 Å². The molecule has 1 aromatic heterocycles. The van der Waals surface area contributed by atoms with Crippen LogP contribution < -0.4 is 4.74 Å². The van der Waals surface area contributed by atoms with Gasteiger partial charge >= 0.3 is 10.6 Å². The van der Waals surface area contributed by atoms with Crippen molar-refractivity contribution in [2.75, 3.05) is 30.1 Å². The summed E-state index contributed by atoms with van der Waals surface area (Å²) in [6, 6.07) is 17.6. The maximum absolute atomic E-state index is 11.1. The Balaban J connectivity index is 0.00000148. The SMILES string of the molecule is COc1cc(N=Nc2ccc3ccccc3c2)c(C)cc1Cc1nc(SCCCS(=O)(=O)O)nc(SCCCS(=O)(=O)O)n1.O=S(=O)=O. The molecule has 0 saturated carbocycles. The van der Waals surface area contributed by atoms with E-state index in [1.165, 1.54) is 23.5 Å². The molecule has 0 bridgehead atoms. The normalized spacial score (nSPS) is 11.8. The summed E-state index contributed by atoms with van der Waals surface area (Å²) in [6.07, 6.45) is 0.680. The van der Waals surface area contributed by atoms with Gasteiger partial charge in [0.25, 0.3) is 20.2 Å². The number of rotatable bonds is 15. The van der Waals surface area contributed by atoms with Gasteiger partial charge in [0.2, 0.25) is 0 Å². The monoisotopic (exact) mass is 757 g/mol. The number of nitrogens with zero attached hydrogens (tertiary/aromatic N) is 5. The Kier molecular flexibility index (Phi) is 14.8. The highest BCUT2D eigenvalue weighted by Gasteiger charge is 2.15. The summed E-state index contributed by atoms with van der Waals surface area (Å²) in [5, 5.41) is 11.8. The van der Waals surface area contributed by atoms with Crippen LogP contribution in [0.15, 0.2) is 75.1 Å². The van der Waals surface area contributed by atoms with Crippen LogP contribution in [0.4, 0.5) is 11.4 Å². The van der Waals surface area contributed by atoms with E-state index in [1.807, 2.05) is 55.5 Å². The number of azo groups is 1. The molecule has 0 radical (unpaired) electrons. The van der Waals surface area contributed by atoms with E-state index in [9.17, 15) is 16.8 Å². The Labute approximate surface area is 287 Å². The first-order chi connectivity index (χ1) is 22.6. The third-order valence-electron chi connectivity index (χ3n) is 6.15. The van der Waals surface area contributed by atoms with E-state index in [2.05, 4.69) is 25.2 Å². The van der Waals surface area contributed by atoms with Crippen molar-refractivity contribution in [3.05, 3.63) is 71.5 Å². The average molecular weight is 758 g/mol. The number of hydrogen-bond acceptors (Lipinski definition) is 15. The van der Waals surface area contributed by atoms with E-state index in [0.717, 1.165) is 27.6 Å². The second kappa shape index (κ2) is 18.3. The molecule has 4 rings (SSSR count). The summed E-state index contributed by atoms with van der Waals surface area (Å²) in [7, 11) is -9.71. The van der Waals surface area contributed by atoms with Crippen LogP contribution in [0.3, 0.4) is 0 Å². The fraction of sp³-hybridized carbons (Fsp3) is 0.321. The van der Waals surface area contributed by atoms with Crippen molar-refractivity contribution < 1.29 is 43.3 Å². The van der Waals surface area contributed by atoms with Gasteiger partial charge in [-0.05, 0) is 54.3 Å². The van der Waals surface area contributed by atoms with Gasteiger partial charge in [-0.15, -0.1) is 12.6 Å². The second-order valence-corrected chi connectivity index (χ2v) is 15.5. The number of thioether (sulfide) groups is 2. The summed E-state index contributed by atoms with van der Waals surface area (Å²) in [5.74, 6) is 0.920. The van der Waals surface area contributed by atoms with Gasteiger partial charge in [-0.25, -0.2) is 9.97 Å². The van der Waals surface area contributed by atoms with Crippen LogP contribution in [0.2, 0.25) is 0 Å². The van der Waals surface area contributed by atoms with Crippen LogP contribution in [0.5, 0.6) is 5.75 Å². The first-order valence-corrected chi connectivity index (χ1v) is 20.1. The summed E-state index contributed by atoms with van der Waals surface area (Å²) in [6.45, 7) is 1.91. The Morgan fingerprint density at radius 3 is 1.90 bits per heavy atom. The second-order valence-electron chi connectivity index (χ2n) is 9.86. The largest absolute Gasteiger partial charge is 0.496 e. The molecule has 2 N–H and O–H groups in total. The quantitative estimate of drug-likeness (QED) is 0.0696. The summed E-state index contributed by atoms with van der Waals surface area (Å²) in [4.78, 5) is 13.5. The van der Waals surface area contributed by atoms with Gasteiger partial charge in [0.05, 0.1) is 30.0 Å². The van der Waals surface area contributed by atoms with Gasteiger partial charge in [-0.1, -0.05) is 53.9 Å². The molecule has 0 fully saturated rings. The molecule has 1 heterocycles. The van der Waals surface area contributed by atoms with Crippen LogP contribution in [-0.4, -0.2) is 83.6 Å². The molecule has 258 valence electrons. The van der Waals surface area contributed by atoms with Gasteiger partial charge < -0.3 is 4.74 Å². The summed E-state index contributed by atoms with van der Waals surface area (Å²) >= 11 is 2.44. The highest BCUT2D eigenvalue weighted by Crippen LogP contribution is 2.32. The minimum Gasteiger partial charge on any atom is -0.496 e. The maximum atomic E-state index is 11.1. The fourth-order valence-corrected chi connectivity index (χ4v) is 7.12. The summed E-state index contributed by atoms with van der Waals surface area (Å²) in [5.41, 5.74) is 3.02. The standard InChI is InChI=1S/C28H31N5O7S4.O3S/c1-19-15-22(25(40-2)18-24(19)33-32-23-10-9-20-7-3-4-8-21(20)16-23)17-26-29-27(41-11-5-13-43(34,35)36)31-28(30-26)42-12-6-14-44(37,38)39;1-4(2)3/h3-4,7-10,15-16,18H,5-6,11-14,17H2,1-2H3,(H,34,35,36)(H,37,38,39);.